The lowest BCUT2D eigenvalue weighted by Gasteiger charge is -2.15. The highest BCUT2D eigenvalue weighted by molar-refractivity contribution is 5.78. The Balaban J connectivity index is 2.41. The van der Waals surface area contributed by atoms with Gasteiger partial charge in [-0.2, -0.15) is 0 Å². The van der Waals surface area contributed by atoms with Gasteiger partial charge in [-0.05, 0) is 31.7 Å². The predicted octanol–water partition coefficient (Wildman–Crippen LogP) is 1.80. The van der Waals surface area contributed by atoms with Gasteiger partial charge in [-0.3, -0.25) is 9.78 Å². The molecule has 1 aliphatic rings. The molecule has 76 valence electrons. The molecule has 3 heteroatoms. The Morgan fingerprint density at radius 3 is 3.07 bits per heavy atom. The summed E-state index contributed by atoms with van der Waals surface area (Å²) in [4.78, 5) is 19.5. The molecule has 2 aromatic heterocycles. The highest BCUT2D eigenvalue weighted by atomic mass is 16.1. The van der Waals surface area contributed by atoms with E-state index in [1.807, 2.05) is 0 Å². The molecule has 0 radical (unpaired) electrons. The van der Waals surface area contributed by atoms with Crippen LogP contribution in [0.4, 0.5) is 0 Å². The van der Waals surface area contributed by atoms with E-state index >= 15 is 0 Å². The molecule has 15 heavy (non-hydrogen) atoms. The summed E-state index contributed by atoms with van der Waals surface area (Å²) in [6, 6.07) is 1.79. The number of H-pyrrole nitrogens is 1. The molecule has 3 nitrogen and oxygen atoms in total. The second-order valence-corrected chi connectivity index (χ2v) is 4.04. The van der Waals surface area contributed by atoms with Gasteiger partial charge in [-0.25, -0.2) is 0 Å². The van der Waals surface area contributed by atoms with Crippen LogP contribution in [0.15, 0.2) is 23.3 Å². The number of rotatable bonds is 0. The van der Waals surface area contributed by atoms with Crippen LogP contribution in [-0.2, 0) is 12.8 Å². The van der Waals surface area contributed by atoms with Gasteiger partial charge in [0.1, 0.15) is 0 Å². The second kappa shape index (κ2) is 3.19. The molecule has 1 aliphatic carbocycles. The minimum Gasteiger partial charge on any atom is -0.357 e. The van der Waals surface area contributed by atoms with Crippen LogP contribution in [0.3, 0.4) is 0 Å². The number of aromatic amines is 1. The van der Waals surface area contributed by atoms with Crippen molar-refractivity contribution in [2.45, 2.75) is 25.7 Å². The first-order valence-electron chi connectivity index (χ1n) is 5.34. The van der Waals surface area contributed by atoms with E-state index in [1.54, 1.807) is 18.5 Å². The highest BCUT2D eigenvalue weighted by Crippen LogP contribution is 2.18. The third-order valence-corrected chi connectivity index (χ3v) is 3.09. The van der Waals surface area contributed by atoms with E-state index in [-0.39, 0.29) is 5.43 Å². The lowest BCUT2D eigenvalue weighted by atomic mass is 9.94. The molecule has 2 aromatic rings. The smallest absolute Gasteiger partial charge is 0.192 e. The van der Waals surface area contributed by atoms with Gasteiger partial charge in [-0.15, -0.1) is 0 Å². The van der Waals surface area contributed by atoms with Gasteiger partial charge in [0.15, 0.2) is 5.43 Å². The first-order valence-corrected chi connectivity index (χ1v) is 5.34. The second-order valence-electron chi connectivity index (χ2n) is 4.04. The maximum atomic E-state index is 12.1. The summed E-state index contributed by atoms with van der Waals surface area (Å²) < 4.78 is 0. The number of pyridine rings is 2. The number of fused-ring (bicyclic) bond motifs is 2. The molecule has 0 aliphatic heterocycles. The minimum absolute atomic E-state index is 0.195. The van der Waals surface area contributed by atoms with Crippen molar-refractivity contribution in [1.29, 1.82) is 0 Å². The number of nitrogens with zero attached hydrogens (tertiary/aromatic N) is 1. The van der Waals surface area contributed by atoms with E-state index in [2.05, 4.69) is 9.97 Å². The summed E-state index contributed by atoms with van der Waals surface area (Å²) >= 11 is 0. The molecule has 0 amide bonds. The third kappa shape index (κ3) is 1.27. The van der Waals surface area contributed by atoms with Gasteiger partial charge in [0.2, 0.25) is 0 Å². The molecule has 3 rings (SSSR count). The van der Waals surface area contributed by atoms with E-state index in [0.717, 1.165) is 41.4 Å². The average molecular weight is 200 g/mol. The number of aryl methyl sites for hydroxylation is 1. The maximum absolute atomic E-state index is 12.1. The summed E-state index contributed by atoms with van der Waals surface area (Å²) in [5.41, 5.74) is 3.16. The molecule has 0 bridgehead atoms. The summed E-state index contributed by atoms with van der Waals surface area (Å²) in [5, 5.41) is 0.769. The van der Waals surface area contributed by atoms with Gasteiger partial charge in [0.25, 0.3) is 0 Å². The first-order chi connectivity index (χ1) is 7.36. The molecule has 0 saturated heterocycles. The molecule has 1 N–H and O–H groups in total. The van der Waals surface area contributed by atoms with Crippen molar-refractivity contribution in [2.24, 2.45) is 0 Å². The standard InChI is InChI=1S/C12H12N2O/c15-12-8-3-1-2-4-10(8)14-11-7-13-6-5-9(11)12/h5-7H,1-4H2,(H,14,15). The molecule has 0 fully saturated rings. The van der Waals surface area contributed by atoms with Crippen LogP contribution in [0, 0.1) is 0 Å². The van der Waals surface area contributed by atoms with Crippen molar-refractivity contribution in [3.8, 4) is 0 Å². The van der Waals surface area contributed by atoms with Crippen molar-refractivity contribution in [2.75, 3.05) is 0 Å². The van der Waals surface area contributed by atoms with Gasteiger partial charge in [0.05, 0.1) is 11.7 Å². The normalized spacial score (nSPS) is 15.2. The molecular weight excluding hydrogens is 188 g/mol. The van der Waals surface area contributed by atoms with Crippen LogP contribution in [0.1, 0.15) is 24.1 Å². The predicted molar refractivity (Wildman–Crippen MR) is 59.0 cm³/mol. The SMILES string of the molecule is O=c1c2c([nH]c3cnccc13)CCCC2. The molecule has 0 spiro atoms. The van der Waals surface area contributed by atoms with E-state index in [9.17, 15) is 4.79 Å². The lowest BCUT2D eigenvalue weighted by molar-refractivity contribution is 0.667. The zero-order valence-corrected chi connectivity index (χ0v) is 8.42. The van der Waals surface area contributed by atoms with Crippen molar-refractivity contribution < 1.29 is 0 Å². The van der Waals surface area contributed by atoms with Crippen molar-refractivity contribution in [3.63, 3.8) is 0 Å². The topological polar surface area (TPSA) is 45.8 Å². The van der Waals surface area contributed by atoms with Crippen molar-refractivity contribution in [3.05, 3.63) is 39.9 Å². The first kappa shape index (κ1) is 8.65. The average Bonchev–Trinajstić information content (AvgIpc) is 2.30. The molecular formula is C12H12N2O. The summed E-state index contributed by atoms with van der Waals surface area (Å²) in [7, 11) is 0. The van der Waals surface area contributed by atoms with Crippen LogP contribution in [-0.4, -0.2) is 9.97 Å². The number of aromatic nitrogens is 2. The van der Waals surface area contributed by atoms with Crippen LogP contribution in [0.2, 0.25) is 0 Å². The highest BCUT2D eigenvalue weighted by Gasteiger charge is 2.14. The van der Waals surface area contributed by atoms with E-state index in [0.29, 0.717) is 0 Å². The Morgan fingerprint density at radius 1 is 1.27 bits per heavy atom. The van der Waals surface area contributed by atoms with E-state index in [4.69, 9.17) is 0 Å². The molecule has 0 atom stereocenters. The fraction of sp³-hybridized carbons (Fsp3) is 0.333. The minimum atomic E-state index is 0.195. The fourth-order valence-electron chi connectivity index (χ4n) is 2.31. The molecule has 0 unspecified atom stereocenters. The quantitative estimate of drug-likeness (QED) is 0.704. The van der Waals surface area contributed by atoms with Crippen molar-refractivity contribution in [1.82, 2.24) is 9.97 Å². The number of hydrogen-bond donors (Lipinski definition) is 1. The van der Waals surface area contributed by atoms with Crippen LogP contribution in [0.25, 0.3) is 10.9 Å². The van der Waals surface area contributed by atoms with Crippen molar-refractivity contribution >= 4 is 10.9 Å². The Labute approximate surface area is 87.2 Å². The van der Waals surface area contributed by atoms with Gasteiger partial charge >= 0.3 is 0 Å². The van der Waals surface area contributed by atoms with E-state index in [1.165, 1.54) is 6.42 Å². The maximum Gasteiger partial charge on any atom is 0.192 e. The summed E-state index contributed by atoms with van der Waals surface area (Å²) in [6.07, 6.45) is 7.62. The Morgan fingerprint density at radius 2 is 2.13 bits per heavy atom. The van der Waals surface area contributed by atoms with E-state index < -0.39 is 0 Å². The zero-order chi connectivity index (χ0) is 10.3. The number of hydrogen-bond acceptors (Lipinski definition) is 2. The molecule has 0 aromatic carbocycles. The lowest BCUT2D eigenvalue weighted by Crippen LogP contribution is -2.18. The monoisotopic (exact) mass is 200 g/mol. The summed E-state index contributed by atoms with van der Waals surface area (Å²) in [6.45, 7) is 0. The van der Waals surface area contributed by atoms with Gasteiger partial charge in [-0.1, -0.05) is 0 Å². The zero-order valence-electron chi connectivity index (χ0n) is 8.42. The Kier molecular flexibility index (Phi) is 1.84. The molecule has 0 saturated carbocycles. The molecule has 2 heterocycles. The Hall–Kier alpha value is -1.64. The van der Waals surface area contributed by atoms with Crippen LogP contribution >= 0.6 is 0 Å². The largest absolute Gasteiger partial charge is 0.357 e. The van der Waals surface area contributed by atoms with Crippen LogP contribution < -0.4 is 5.43 Å². The fourth-order valence-corrected chi connectivity index (χ4v) is 2.31. The third-order valence-electron chi connectivity index (χ3n) is 3.09. The number of nitrogens with one attached hydrogen (secondary N) is 1. The Bertz CT molecular complexity index is 571. The van der Waals surface area contributed by atoms with Gasteiger partial charge < -0.3 is 4.98 Å². The van der Waals surface area contributed by atoms with Gasteiger partial charge in [0, 0.05) is 22.8 Å². The summed E-state index contributed by atoms with van der Waals surface area (Å²) in [5.74, 6) is 0. The van der Waals surface area contributed by atoms with Crippen LogP contribution in [0.5, 0.6) is 0 Å².